The number of hydrogen-bond donors (Lipinski definition) is 0. The summed E-state index contributed by atoms with van der Waals surface area (Å²) in [6.07, 6.45) is 0. The predicted molar refractivity (Wildman–Crippen MR) is 219 cm³/mol. The van der Waals surface area contributed by atoms with Gasteiger partial charge in [-0.05, 0) is 69.4 Å². The van der Waals surface area contributed by atoms with Gasteiger partial charge in [0.25, 0.3) is 0 Å². The highest BCUT2D eigenvalue weighted by Gasteiger charge is 2.17. The molecule has 10 rings (SSSR count). The van der Waals surface area contributed by atoms with E-state index in [4.69, 9.17) is 25.9 Å². The van der Waals surface area contributed by atoms with Crippen LogP contribution in [0.25, 0.3) is 94.7 Å². The average Bonchev–Trinajstić information content (AvgIpc) is 3.68. The molecule has 4 nitrogen and oxygen atoms in total. The number of benzene rings is 8. The molecule has 0 spiro atoms. The molecule has 0 unspecified atom stereocenters. The SMILES string of the molecule is [2H]c1c([2H])c([2H])c2c(c1[2H])c1c([2H])c([2H])c([2H])c([2H])c1n2-c1cc(-c2ccccc2)cc(-c2cccc3ccc(-c4nc(-c5ccccc5)nc(-c5ccccc5)n4)cc23)c1. The largest absolute Gasteiger partial charge is 0.309 e. The van der Waals surface area contributed by atoms with Crippen LogP contribution in [0.3, 0.4) is 0 Å². The van der Waals surface area contributed by atoms with Gasteiger partial charge in [-0.3, -0.25) is 0 Å². The van der Waals surface area contributed by atoms with Crippen LogP contribution < -0.4 is 0 Å². The van der Waals surface area contributed by atoms with Crippen molar-refractivity contribution in [3.05, 3.63) is 194 Å². The van der Waals surface area contributed by atoms with Gasteiger partial charge < -0.3 is 4.57 Å². The van der Waals surface area contributed by atoms with Gasteiger partial charge in [-0.25, -0.2) is 15.0 Å². The zero-order valence-corrected chi connectivity index (χ0v) is 28.1. The van der Waals surface area contributed by atoms with Crippen LogP contribution in [0, 0.1) is 0 Å². The van der Waals surface area contributed by atoms with Gasteiger partial charge in [-0.15, -0.1) is 0 Å². The van der Waals surface area contributed by atoms with Gasteiger partial charge in [0.05, 0.1) is 22.0 Å². The third kappa shape index (κ3) is 5.54. The van der Waals surface area contributed by atoms with E-state index in [1.807, 2.05) is 133 Å². The number of hydrogen-bond acceptors (Lipinski definition) is 3. The maximum atomic E-state index is 9.14. The smallest absolute Gasteiger partial charge is 0.164 e. The summed E-state index contributed by atoms with van der Waals surface area (Å²) in [7, 11) is 0. The van der Waals surface area contributed by atoms with Gasteiger partial charge in [-0.2, -0.15) is 0 Å². The minimum atomic E-state index is -0.487. The summed E-state index contributed by atoms with van der Waals surface area (Å²) in [5, 5.41) is 1.90. The van der Waals surface area contributed by atoms with E-state index < -0.39 is 24.2 Å². The van der Waals surface area contributed by atoms with Crippen molar-refractivity contribution in [2.24, 2.45) is 0 Å². The van der Waals surface area contributed by atoms with Crippen molar-refractivity contribution in [3.63, 3.8) is 0 Å². The molecule has 10 aromatic rings. The molecule has 2 heterocycles. The van der Waals surface area contributed by atoms with E-state index in [-0.39, 0.29) is 46.0 Å². The summed E-state index contributed by atoms with van der Waals surface area (Å²) in [4.78, 5) is 14.8. The molecule has 0 atom stereocenters. The van der Waals surface area contributed by atoms with Crippen molar-refractivity contribution in [1.82, 2.24) is 19.5 Å². The van der Waals surface area contributed by atoms with Crippen molar-refractivity contribution in [2.75, 3.05) is 0 Å². The molecule has 0 aliphatic heterocycles. The standard InChI is InChI=1S/C49H32N4/c1-4-15-33(16-5-1)38-29-39(31-40(30-38)53-45-25-12-10-22-42(45)43-23-11-13-26-46(43)53)41-24-14-21-34-27-28-37(32-44(34)41)49-51-47(35-17-6-2-7-18-35)50-48(52-49)36-19-8-3-9-20-36/h1-32H/i10D,11D,12D,13D,22D,23D,25D,26D. The first-order valence-electron chi connectivity index (χ1n) is 21.2. The molecular formula is C49H32N4. The van der Waals surface area contributed by atoms with E-state index in [1.165, 1.54) is 0 Å². The lowest BCUT2D eigenvalue weighted by Crippen LogP contribution is -2.00. The minimum Gasteiger partial charge on any atom is -0.309 e. The van der Waals surface area contributed by atoms with Crippen LogP contribution in [0.15, 0.2) is 194 Å². The normalized spacial score (nSPS) is 13.5. The van der Waals surface area contributed by atoms with Crippen molar-refractivity contribution in [2.45, 2.75) is 0 Å². The van der Waals surface area contributed by atoms with Crippen LogP contribution in [0.2, 0.25) is 0 Å². The highest BCUT2D eigenvalue weighted by molar-refractivity contribution is 6.09. The molecule has 0 fully saturated rings. The Kier molecular flexibility index (Phi) is 5.66. The lowest BCUT2D eigenvalue weighted by Gasteiger charge is -2.15. The molecular weight excluding hydrogens is 645 g/mol. The second kappa shape index (κ2) is 12.9. The second-order valence-corrected chi connectivity index (χ2v) is 12.7. The number of nitrogens with zero attached hydrogens (tertiary/aromatic N) is 4. The summed E-state index contributed by atoms with van der Waals surface area (Å²) < 4.78 is 72.1. The Morgan fingerprint density at radius 3 is 1.51 bits per heavy atom. The number of rotatable bonds is 6. The zero-order chi connectivity index (χ0) is 42.1. The fourth-order valence-corrected chi connectivity index (χ4v) is 6.97. The number of aromatic nitrogens is 4. The van der Waals surface area contributed by atoms with Crippen LogP contribution in [0.5, 0.6) is 0 Å². The van der Waals surface area contributed by atoms with Crippen LogP contribution >= 0.6 is 0 Å². The molecule has 0 saturated heterocycles. The Labute approximate surface area is 318 Å². The summed E-state index contributed by atoms with van der Waals surface area (Å²) >= 11 is 0. The highest BCUT2D eigenvalue weighted by Crippen LogP contribution is 2.39. The highest BCUT2D eigenvalue weighted by atomic mass is 15.0. The summed E-state index contributed by atoms with van der Waals surface area (Å²) in [5.41, 5.74) is 6.33. The van der Waals surface area contributed by atoms with Crippen LogP contribution in [0.4, 0.5) is 0 Å². The van der Waals surface area contributed by atoms with Crippen LogP contribution in [-0.4, -0.2) is 19.5 Å². The molecule has 4 heteroatoms. The summed E-state index contributed by atoms with van der Waals surface area (Å²) in [6.45, 7) is 0. The van der Waals surface area contributed by atoms with E-state index in [0.717, 1.165) is 49.7 Å². The molecule has 0 N–H and O–H groups in total. The van der Waals surface area contributed by atoms with E-state index in [9.17, 15) is 0 Å². The first-order chi connectivity index (χ1) is 29.6. The Bertz CT molecular complexity index is 3260. The molecule has 248 valence electrons. The van der Waals surface area contributed by atoms with Crippen molar-refractivity contribution >= 4 is 32.6 Å². The lowest BCUT2D eigenvalue weighted by molar-refractivity contribution is 1.07. The molecule has 0 bridgehead atoms. The quantitative estimate of drug-likeness (QED) is 0.175. The summed E-state index contributed by atoms with van der Waals surface area (Å²) in [6, 6.07) is 43.9. The fourth-order valence-electron chi connectivity index (χ4n) is 6.97. The molecule has 0 amide bonds. The van der Waals surface area contributed by atoms with Gasteiger partial charge in [0, 0.05) is 33.2 Å². The Morgan fingerprint density at radius 1 is 0.377 bits per heavy atom. The Hall–Kier alpha value is -7.17. The lowest BCUT2D eigenvalue weighted by atomic mass is 9.93. The van der Waals surface area contributed by atoms with Crippen molar-refractivity contribution in [1.29, 1.82) is 0 Å². The van der Waals surface area contributed by atoms with Crippen molar-refractivity contribution < 1.29 is 11.0 Å². The maximum Gasteiger partial charge on any atom is 0.164 e. The minimum absolute atomic E-state index is 0.0246. The van der Waals surface area contributed by atoms with Crippen molar-refractivity contribution in [3.8, 4) is 62.1 Å². The Balaban J connectivity index is 1.25. The maximum absolute atomic E-state index is 9.14. The molecule has 0 aliphatic carbocycles. The second-order valence-electron chi connectivity index (χ2n) is 12.7. The molecule has 53 heavy (non-hydrogen) atoms. The van der Waals surface area contributed by atoms with Crippen LogP contribution in [-0.2, 0) is 0 Å². The number of para-hydroxylation sites is 2. The molecule has 0 aliphatic rings. The van der Waals surface area contributed by atoms with E-state index in [1.54, 1.807) is 4.57 Å². The third-order valence-electron chi connectivity index (χ3n) is 9.47. The first-order valence-corrected chi connectivity index (χ1v) is 17.2. The van der Waals surface area contributed by atoms with Crippen LogP contribution in [0.1, 0.15) is 11.0 Å². The molecule has 2 aromatic heterocycles. The van der Waals surface area contributed by atoms with E-state index in [2.05, 4.69) is 12.1 Å². The molecule has 8 aromatic carbocycles. The zero-order valence-electron chi connectivity index (χ0n) is 36.1. The average molecular weight is 685 g/mol. The monoisotopic (exact) mass is 684 g/mol. The third-order valence-corrected chi connectivity index (χ3v) is 9.47. The first kappa shape index (κ1) is 23.3. The molecule has 0 saturated carbocycles. The Morgan fingerprint density at radius 2 is 0.906 bits per heavy atom. The van der Waals surface area contributed by atoms with Gasteiger partial charge >= 0.3 is 0 Å². The molecule has 0 radical (unpaired) electrons. The van der Waals surface area contributed by atoms with Gasteiger partial charge in [0.2, 0.25) is 0 Å². The predicted octanol–water partition coefficient (Wildman–Crippen LogP) is 12.5. The van der Waals surface area contributed by atoms with Gasteiger partial charge in [0.15, 0.2) is 17.5 Å². The summed E-state index contributed by atoms with van der Waals surface area (Å²) in [5.74, 6) is 1.58. The number of fused-ring (bicyclic) bond motifs is 4. The van der Waals surface area contributed by atoms with E-state index in [0.29, 0.717) is 23.2 Å². The fraction of sp³-hybridized carbons (Fsp3) is 0. The van der Waals surface area contributed by atoms with E-state index >= 15 is 0 Å². The van der Waals surface area contributed by atoms with Gasteiger partial charge in [0.1, 0.15) is 0 Å². The topological polar surface area (TPSA) is 43.6 Å². The van der Waals surface area contributed by atoms with Gasteiger partial charge in [-0.1, -0.05) is 158 Å².